The van der Waals surface area contributed by atoms with E-state index in [1.165, 1.54) is 0 Å². The number of amides is 3. The van der Waals surface area contributed by atoms with Gasteiger partial charge in [0.05, 0.1) is 0 Å². The van der Waals surface area contributed by atoms with Crippen LogP contribution in [-0.2, 0) is 4.79 Å². The Bertz CT molecular complexity index is 608. The molecule has 1 unspecified atom stereocenters. The van der Waals surface area contributed by atoms with Gasteiger partial charge in [0.2, 0.25) is 0 Å². The largest absolute Gasteiger partial charge is 0.481 e. The molecule has 6 nitrogen and oxygen atoms in total. The second-order valence-electron chi connectivity index (χ2n) is 6.94. The van der Waals surface area contributed by atoms with Crippen molar-refractivity contribution in [3.8, 4) is 5.75 Å². The molecule has 0 aliphatic carbocycles. The predicted molar refractivity (Wildman–Crippen MR) is 97.9 cm³/mol. The topological polar surface area (TPSA) is 53.1 Å². The highest BCUT2D eigenvalue weighted by Gasteiger charge is 2.28. The highest BCUT2D eigenvalue weighted by Crippen LogP contribution is 2.27. The van der Waals surface area contributed by atoms with Crippen LogP contribution in [0.2, 0.25) is 0 Å². The molecule has 1 saturated heterocycles. The van der Waals surface area contributed by atoms with Gasteiger partial charge in [-0.25, -0.2) is 4.79 Å². The Balaban J connectivity index is 1.95. The van der Waals surface area contributed by atoms with Gasteiger partial charge >= 0.3 is 6.03 Å². The number of hydrogen-bond acceptors (Lipinski definition) is 3. The molecule has 1 aromatic rings. The molecule has 3 amide bonds. The summed E-state index contributed by atoms with van der Waals surface area (Å²) in [5, 5.41) is 0. The summed E-state index contributed by atoms with van der Waals surface area (Å²) in [6.07, 6.45) is -0.545. The average molecular weight is 347 g/mol. The Kier molecular flexibility index (Phi) is 6.28. The molecule has 6 heteroatoms. The quantitative estimate of drug-likeness (QED) is 0.840. The minimum atomic E-state index is -0.545. The van der Waals surface area contributed by atoms with Crippen molar-refractivity contribution in [2.45, 2.75) is 32.8 Å². The van der Waals surface area contributed by atoms with Crippen molar-refractivity contribution >= 4 is 11.9 Å². The number of carbonyl (C=O) groups excluding carboxylic acids is 2. The molecular weight excluding hydrogens is 318 g/mol. The molecule has 0 saturated carbocycles. The summed E-state index contributed by atoms with van der Waals surface area (Å²) >= 11 is 0. The molecule has 1 fully saturated rings. The standard InChI is InChI=1S/C19H29N3O3/c1-14(2)16-8-6-7-9-17(16)25-15(3)18(23)21-10-12-22(13-11-21)19(24)20(4)5/h6-9,14-15H,10-13H2,1-5H3. The van der Waals surface area contributed by atoms with E-state index in [1.54, 1.807) is 35.7 Å². The summed E-state index contributed by atoms with van der Waals surface area (Å²) in [4.78, 5) is 29.8. The summed E-state index contributed by atoms with van der Waals surface area (Å²) in [6.45, 7) is 8.19. The Morgan fingerprint density at radius 3 is 2.12 bits per heavy atom. The molecule has 0 aromatic heterocycles. The minimum absolute atomic E-state index is 0.0118. The monoisotopic (exact) mass is 347 g/mol. The third-order valence-corrected chi connectivity index (χ3v) is 4.44. The number of urea groups is 1. The second kappa shape index (κ2) is 8.23. The summed E-state index contributed by atoms with van der Waals surface area (Å²) < 4.78 is 5.95. The Hall–Kier alpha value is -2.24. The van der Waals surface area contributed by atoms with Crippen LogP contribution in [0.4, 0.5) is 4.79 Å². The van der Waals surface area contributed by atoms with Crippen LogP contribution in [0.1, 0.15) is 32.3 Å². The second-order valence-corrected chi connectivity index (χ2v) is 6.94. The van der Waals surface area contributed by atoms with Crippen LogP contribution in [0.3, 0.4) is 0 Å². The third-order valence-electron chi connectivity index (χ3n) is 4.44. The zero-order chi connectivity index (χ0) is 18.6. The number of carbonyl (C=O) groups is 2. The SMILES string of the molecule is CC(Oc1ccccc1C(C)C)C(=O)N1CCN(C(=O)N(C)C)CC1. The molecule has 0 spiro atoms. The maximum absolute atomic E-state index is 12.7. The van der Waals surface area contributed by atoms with Crippen molar-refractivity contribution in [3.05, 3.63) is 29.8 Å². The lowest BCUT2D eigenvalue weighted by Gasteiger charge is -2.37. The van der Waals surface area contributed by atoms with Crippen LogP contribution in [0.15, 0.2) is 24.3 Å². The van der Waals surface area contributed by atoms with Gasteiger partial charge in [-0.1, -0.05) is 32.0 Å². The highest BCUT2D eigenvalue weighted by molar-refractivity contribution is 5.81. The number of nitrogens with zero attached hydrogens (tertiary/aromatic N) is 3. The Morgan fingerprint density at radius 2 is 1.56 bits per heavy atom. The van der Waals surface area contributed by atoms with Gasteiger partial charge in [-0.2, -0.15) is 0 Å². The molecule has 1 aliphatic rings. The summed E-state index contributed by atoms with van der Waals surface area (Å²) in [5.41, 5.74) is 1.10. The number of benzene rings is 1. The van der Waals surface area contributed by atoms with E-state index in [0.29, 0.717) is 32.1 Å². The van der Waals surface area contributed by atoms with E-state index >= 15 is 0 Å². The number of piperazine rings is 1. The predicted octanol–water partition coefficient (Wildman–Crippen LogP) is 2.40. The van der Waals surface area contributed by atoms with E-state index in [4.69, 9.17) is 4.74 Å². The first-order chi connectivity index (χ1) is 11.8. The van der Waals surface area contributed by atoms with Gasteiger partial charge in [-0.15, -0.1) is 0 Å². The normalized spacial score (nSPS) is 15.9. The number of para-hydroxylation sites is 1. The fourth-order valence-corrected chi connectivity index (χ4v) is 2.96. The molecule has 1 atom stereocenters. The van der Waals surface area contributed by atoms with Crippen molar-refractivity contribution in [2.75, 3.05) is 40.3 Å². The highest BCUT2D eigenvalue weighted by atomic mass is 16.5. The maximum Gasteiger partial charge on any atom is 0.319 e. The molecule has 138 valence electrons. The number of ether oxygens (including phenoxy) is 1. The lowest BCUT2D eigenvalue weighted by atomic mass is 10.0. The average Bonchev–Trinajstić information content (AvgIpc) is 2.60. The molecule has 1 aromatic carbocycles. The minimum Gasteiger partial charge on any atom is -0.481 e. The van der Waals surface area contributed by atoms with Gasteiger partial charge in [0.15, 0.2) is 6.10 Å². The van der Waals surface area contributed by atoms with Crippen LogP contribution < -0.4 is 4.74 Å². The summed E-state index contributed by atoms with van der Waals surface area (Å²) in [6, 6.07) is 7.83. The van der Waals surface area contributed by atoms with Gasteiger partial charge in [-0.3, -0.25) is 4.79 Å². The third kappa shape index (κ3) is 4.65. The molecule has 0 bridgehead atoms. The molecule has 25 heavy (non-hydrogen) atoms. The molecule has 0 radical (unpaired) electrons. The van der Waals surface area contributed by atoms with Crippen LogP contribution in [-0.4, -0.2) is 73.0 Å². The Labute approximate surface area is 150 Å². The van der Waals surface area contributed by atoms with Crippen LogP contribution >= 0.6 is 0 Å². The molecule has 2 rings (SSSR count). The van der Waals surface area contributed by atoms with Crippen molar-refractivity contribution < 1.29 is 14.3 Å². The van der Waals surface area contributed by atoms with Crippen LogP contribution in [0.25, 0.3) is 0 Å². The fourth-order valence-electron chi connectivity index (χ4n) is 2.96. The molecule has 0 N–H and O–H groups in total. The van der Waals surface area contributed by atoms with Crippen molar-refractivity contribution in [1.82, 2.24) is 14.7 Å². The summed E-state index contributed by atoms with van der Waals surface area (Å²) in [7, 11) is 3.48. The fraction of sp³-hybridized carbons (Fsp3) is 0.579. The zero-order valence-electron chi connectivity index (χ0n) is 15.9. The number of rotatable bonds is 4. The number of hydrogen-bond donors (Lipinski definition) is 0. The smallest absolute Gasteiger partial charge is 0.319 e. The van der Waals surface area contributed by atoms with E-state index in [2.05, 4.69) is 13.8 Å². The van der Waals surface area contributed by atoms with Crippen molar-refractivity contribution in [3.63, 3.8) is 0 Å². The zero-order valence-corrected chi connectivity index (χ0v) is 15.9. The first kappa shape index (κ1) is 19.1. The van der Waals surface area contributed by atoms with Crippen molar-refractivity contribution in [2.24, 2.45) is 0 Å². The van der Waals surface area contributed by atoms with E-state index in [1.807, 2.05) is 24.3 Å². The van der Waals surface area contributed by atoms with Gasteiger partial charge in [0.1, 0.15) is 5.75 Å². The molecular formula is C19H29N3O3. The lowest BCUT2D eigenvalue weighted by molar-refractivity contribution is -0.139. The first-order valence-electron chi connectivity index (χ1n) is 8.81. The van der Waals surface area contributed by atoms with E-state index in [0.717, 1.165) is 11.3 Å². The first-order valence-corrected chi connectivity index (χ1v) is 8.81. The van der Waals surface area contributed by atoms with Crippen LogP contribution in [0.5, 0.6) is 5.75 Å². The molecule has 1 aliphatic heterocycles. The van der Waals surface area contributed by atoms with E-state index in [9.17, 15) is 9.59 Å². The van der Waals surface area contributed by atoms with Crippen LogP contribution in [0, 0.1) is 0 Å². The Morgan fingerprint density at radius 1 is 1.00 bits per heavy atom. The maximum atomic E-state index is 12.7. The van der Waals surface area contributed by atoms with E-state index in [-0.39, 0.29) is 11.9 Å². The molecule has 1 heterocycles. The lowest BCUT2D eigenvalue weighted by Crippen LogP contribution is -2.54. The van der Waals surface area contributed by atoms with Crippen molar-refractivity contribution in [1.29, 1.82) is 0 Å². The summed E-state index contributed by atoms with van der Waals surface area (Å²) in [5.74, 6) is 1.06. The van der Waals surface area contributed by atoms with Gasteiger partial charge in [0, 0.05) is 40.3 Å². The van der Waals surface area contributed by atoms with Gasteiger partial charge < -0.3 is 19.4 Å². The van der Waals surface area contributed by atoms with Gasteiger partial charge in [0.25, 0.3) is 5.91 Å². The van der Waals surface area contributed by atoms with E-state index < -0.39 is 6.10 Å². The van der Waals surface area contributed by atoms with Gasteiger partial charge in [-0.05, 0) is 24.5 Å².